The molecule has 1 amide bonds. The van der Waals surface area contributed by atoms with Crippen LogP contribution < -0.4 is 0 Å². The maximum Gasteiger partial charge on any atom is 0.225 e. The summed E-state index contributed by atoms with van der Waals surface area (Å²) in [7, 11) is 1.91. The number of hydrogen-bond acceptors (Lipinski definition) is 4. The number of amides is 1. The van der Waals surface area contributed by atoms with Gasteiger partial charge in [0.1, 0.15) is 6.29 Å². The molecule has 1 saturated carbocycles. The predicted octanol–water partition coefficient (Wildman–Crippen LogP) is 3.40. The van der Waals surface area contributed by atoms with Crippen molar-refractivity contribution in [1.29, 1.82) is 0 Å². The van der Waals surface area contributed by atoms with Crippen LogP contribution in [0.2, 0.25) is 0 Å². The van der Waals surface area contributed by atoms with E-state index in [1.54, 1.807) is 9.58 Å². The van der Waals surface area contributed by atoms with E-state index in [-0.39, 0.29) is 18.5 Å². The average molecular weight is 398 g/mol. The van der Waals surface area contributed by atoms with Crippen LogP contribution in [0.25, 0.3) is 11.1 Å². The molecular formula is C23H31N3O3. The normalized spacial score (nSPS) is 14.7. The van der Waals surface area contributed by atoms with Crippen LogP contribution in [-0.4, -0.2) is 52.7 Å². The number of hydrogen-bond donors (Lipinski definition) is 0. The first-order valence-electron chi connectivity index (χ1n) is 10.6. The first-order valence-corrected chi connectivity index (χ1v) is 10.6. The topological polar surface area (TPSA) is 64.4 Å². The summed E-state index contributed by atoms with van der Waals surface area (Å²) in [6.07, 6.45) is 11.3. The van der Waals surface area contributed by atoms with Gasteiger partial charge < -0.3 is 14.4 Å². The molecule has 0 radical (unpaired) electrons. The molecule has 3 rings (SSSR count). The molecule has 1 aliphatic rings. The highest BCUT2D eigenvalue weighted by Gasteiger charge is 2.24. The molecule has 1 fully saturated rings. The Bertz CT molecular complexity index is 796. The van der Waals surface area contributed by atoms with Crippen molar-refractivity contribution >= 4 is 12.2 Å². The molecule has 0 bridgehead atoms. The van der Waals surface area contributed by atoms with Gasteiger partial charge in [-0.05, 0) is 30.4 Å². The van der Waals surface area contributed by atoms with Crippen LogP contribution in [0.3, 0.4) is 0 Å². The minimum atomic E-state index is 0.0302. The quantitative estimate of drug-likeness (QED) is 0.455. The van der Waals surface area contributed by atoms with Crippen molar-refractivity contribution in [3.63, 3.8) is 0 Å². The largest absolute Gasteiger partial charge is 0.381 e. The van der Waals surface area contributed by atoms with Gasteiger partial charge in [-0.1, -0.05) is 43.5 Å². The first kappa shape index (κ1) is 21.2. The number of carbonyl (C=O) groups is 2. The van der Waals surface area contributed by atoms with Crippen LogP contribution >= 0.6 is 0 Å². The molecule has 1 aliphatic carbocycles. The second-order valence-corrected chi connectivity index (χ2v) is 7.72. The van der Waals surface area contributed by atoms with E-state index in [2.05, 4.69) is 23.3 Å². The van der Waals surface area contributed by atoms with E-state index >= 15 is 0 Å². The third kappa shape index (κ3) is 6.26. The van der Waals surface area contributed by atoms with E-state index in [9.17, 15) is 9.59 Å². The third-order valence-electron chi connectivity index (χ3n) is 5.57. The van der Waals surface area contributed by atoms with E-state index in [0.29, 0.717) is 19.6 Å². The fourth-order valence-corrected chi connectivity index (χ4v) is 4.00. The van der Waals surface area contributed by atoms with Gasteiger partial charge in [0.15, 0.2) is 0 Å². The Morgan fingerprint density at radius 1 is 1.24 bits per heavy atom. The molecule has 0 unspecified atom stereocenters. The molecule has 0 atom stereocenters. The number of aryl methyl sites for hydroxylation is 1. The smallest absolute Gasteiger partial charge is 0.225 e. The van der Waals surface area contributed by atoms with Gasteiger partial charge in [-0.25, -0.2) is 0 Å². The second-order valence-electron chi connectivity index (χ2n) is 7.72. The lowest BCUT2D eigenvalue weighted by atomic mass is 9.94. The van der Waals surface area contributed by atoms with Crippen molar-refractivity contribution in [2.75, 3.05) is 19.8 Å². The van der Waals surface area contributed by atoms with Crippen LogP contribution in [0.15, 0.2) is 36.7 Å². The zero-order chi connectivity index (χ0) is 20.5. The lowest BCUT2D eigenvalue weighted by Crippen LogP contribution is -2.42. The summed E-state index contributed by atoms with van der Waals surface area (Å²) < 4.78 is 7.52. The van der Waals surface area contributed by atoms with E-state index in [1.807, 2.05) is 25.5 Å². The minimum absolute atomic E-state index is 0.0302. The van der Waals surface area contributed by atoms with Gasteiger partial charge in [0.2, 0.25) is 5.91 Å². The van der Waals surface area contributed by atoms with Crippen molar-refractivity contribution in [2.24, 2.45) is 7.05 Å². The first-order chi connectivity index (χ1) is 14.2. The predicted molar refractivity (Wildman–Crippen MR) is 112 cm³/mol. The summed E-state index contributed by atoms with van der Waals surface area (Å²) in [5.41, 5.74) is 3.43. The highest BCUT2D eigenvalue weighted by Crippen LogP contribution is 2.23. The molecule has 0 saturated heterocycles. The van der Waals surface area contributed by atoms with Gasteiger partial charge in [-0.2, -0.15) is 5.10 Å². The summed E-state index contributed by atoms with van der Waals surface area (Å²) in [5, 5.41) is 4.22. The average Bonchev–Trinajstić information content (AvgIpc) is 3.19. The molecular weight excluding hydrogens is 366 g/mol. The molecule has 0 aliphatic heterocycles. The SMILES string of the molecule is Cn1cc(-c2cccc(CCOCCC(=O)N(CC=O)C3CCCCC3)c2)cn1. The third-order valence-corrected chi connectivity index (χ3v) is 5.57. The number of benzene rings is 1. The number of aromatic nitrogens is 2. The molecule has 0 N–H and O–H groups in total. The number of carbonyl (C=O) groups excluding carboxylic acids is 2. The molecule has 1 aromatic carbocycles. The van der Waals surface area contributed by atoms with E-state index in [4.69, 9.17) is 4.74 Å². The second kappa shape index (κ2) is 10.9. The fourth-order valence-electron chi connectivity index (χ4n) is 4.00. The highest BCUT2D eigenvalue weighted by molar-refractivity contribution is 5.79. The summed E-state index contributed by atoms with van der Waals surface area (Å²) in [6.45, 7) is 1.16. The molecule has 6 nitrogen and oxygen atoms in total. The van der Waals surface area contributed by atoms with E-state index < -0.39 is 0 Å². The standard InChI is InChI=1S/C23H31N3O3/c1-25-18-21(17-24-25)20-7-5-6-19(16-20)10-14-29-15-11-23(28)26(12-13-27)22-8-3-2-4-9-22/h5-7,13,16-18,22H,2-4,8-12,14-15H2,1H3. The van der Waals surface area contributed by atoms with Crippen molar-refractivity contribution in [3.05, 3.63) is 42.2 Å². The Hall–Kier alpha value is -2.47. The zero-order valence-electron chi connectivity index (χ0n) is 17.3. The summed E-state index contributed by atoms with van der Waals surface area (Å²) >= 11 is 0. The molecule has 0 spiro atoms. The zero-order valence-corrected chi connectivity index (χ0v) is 17.3. The minimum Gasteiger partial charge on any atom is -0.381 e. The van der Waals surface area contributed by atoms with Crippen molar-refractivity contribution in [2.45, 2.75) is 51.0 Å². The Morgan fingerprint density at radius 3 is 2.79 bits per heavy atom. The van der Waals surface area contributed by atoms with Gasteiger partial charge >= 0.3 is 0 Å². The molecule has 2 aromatic rings. The number of nitrogens with zero attached hydrogens (tertiary/aromatic N) is 3. The number of ether oxygens (including phenoxy) is 1. The van der Waals surface area contributed by atoms with Crippen LogP contribution in [0.5, 0.6) is 0 Å². The lowest BCUT2D eigenvalue weighted by molar-refractivity contribution is -0.137. The van der Waals surface area contributed by atoms with Gasteiger partial charge in [0, 0.05) is 24.8 Å². The molecule has 1 heterocycles. The maximum atomic E-state index is 12.5. The summed E-state index contributed by atoms with van der Waals surface area (Å²) in [5.74, 6) is 0.0302. The molecule has 156 valence electrons. The molecule has 29 heavy (non-hydrogen) atoms. The maximum absolute atomic E-state index is 12.5. The summed E-state index contributed by atoms with van der Waals surface area (Å²) in [4.78, 5) is 25.3. The monoisotopic (exact) mass is 397 g/mol. The van der Waals surface area contributed by atoms with Crippen LogP contribution in [0, 0.1) is 0 Å². The number of rotatable bonds is 10. The Labute approximate surface area is 172 Å². The van der Waals surface area contributed by atoms with Gasteiger partial charge in [-0.15, -0.1) is 0 Å². The van der Waals surface area contributed by atoms with Gasteiger partial charge in [-0.3, -0.25) is 9.48 Å². The molecule has 1 aromatic heterocycles. The van der Waals surface area contributed by atoms with E-state index in [0.717, 1.165) is 49.5 Å². The van der Waals surface area contributed by atoms with E-state index in [1.165, 1.54) is 12.0 Å². The Kier molecular flexibility index (Phi) is 7.99. The van der Waals surface area contributed by atoms with Crippen LogP contribution in [-0.2, 0) is 27.8 Å². The van der Waals surface area contributed by atoms with Gasteiger partial charge in [0.25, 0.3) is 0 Å². The molecule has 6 heteroatoms. The number of aldehydes is 1. The lowest BCUT2D eigenvalue weighted by Gasteiger charge is -2.33. The van der Waals surface area contributed by atoms with Gasteiger partial charge in [0.05, 0.1) is 32.4 Å². The fraction of sp³-hybridized carbons (Fsp3) is 0.522. The Balaban J connectivity index is 1.42. The van der Waals surface area contributed by atoms with Crippen molar-refractivity contribution < 1.29 is 14.3 Å². The highest BCUT2D eigenvalue weighted by atomic mass is 16.5. The Morgan fingerprint density at radius 2 is 2.07 bits per heavy atom. The van der Waals surface area contributed by atoms with Crippen molar-refractivity contribution in [1.82, 2.24) is 14.7 Å². The van der Waals surface area contributed by atoms with Crippen LogP contribution in [0.1, 0.15) is 44.1 Å². The summed E-state index contributed by atoms with van der Waals surface area (Å²) in [6, 6.07) is 8.58. The van der Waals surface area contributed by atoms with Crippen LogP contribution in [0.4, 0.5) is 0 Å². The van der Waals surface area contributed by atoms with Crippen molar-refractivity contribution in [3.8, 4) is 11.1 Å².